The number of nitrogens with one attached hydrogen (secondary N) is 1. The molecule has 15 heavy (non-hydrogen) atoms. The van der Waals surface area contributed by atoms with Crippen LogP contribution in [0.5, 0.6) is 0 Å². The van der Waals surface area contributed by atoms with E-state index in [1.54, 1.807) is 0 Å². The molecule has 1 aromatic carbocycles. The Morgan fingerprint density at radius 3 is 2.27 bits per heavy atom. The second-order valence-electron chi connectivity index (χ2n) is 4.08. The molecule has 0 heterocycles. The fourth-order valence-electron chi connectivity index (χ4n) is 1.87. The highest BCUT2D eigenvalue weighted by atomic mass is 16.2. The number of rotatable bonds is 2. The minimum atomic E-state index is -0.547. The molecule has 1 fully saturated rings. The number of carbonyl (C=O) groups is 1. The monoisotopic (exact) mass is 205 g/mol. The number of amides is 2. The number of hydrogen-bond acceptors (Lipinski definition) is 2. The van der Waals surface area contributed by atoms with Crippen molar-refractivity contribution >= 4 is 11.7 Å². The number of carbonyl (C=O) groups excluding carboxylic acids is 1. The van der Waals surface area contributed by atoms with E-state index in [4.69, 9.17) is 11.5 Å². The summed E-state index contributed by atoms with van der Waals surface area (Å²) in [5, 5.41) is 2.52. The second-order valence-corrected chi connectivity index (χ2v) is 4.08. The highest BCUT2D eigenvalue weighted by Gasteiger charge is 2.33. The molecular weight excluding hydrogens is 190 g/mol. The number of anilines is 1. The summed E-state index contributed by atoms with van der Waals surface area (Å²) in [5.41, 5.74) is 12.9. The van der Waals surface area contributed by atoms with Crippen LogP contribution in [0.3, 0.4) is 0 Å². The molecule has 1 saturated carbocycles. The lowest BCUT2D eigenvalue weighted by Gasteiger charge is -2.38. The van der Waals surface area contributed by atoms with Gasteiger partial charge in [-0.2, -0.15) is 0 Å². The molecule has 0 atom stereocenters. The predicted molar refractivity (Wildman–Crippen MR) is 59.4 cm³/mol. The maximum atomic E-state index is 10.6. The van der Waals surface area contributed by atoms with Crippen LogP contribution in [-0.2, 0) is 5.54 Å². The molecule has 4 nitrogen and oxygen atoms in total. The number of nitrogens with two attached hydrogens (primary N) is 2. The summed E-state index contributed by atoms with van der Waals surface area (Å²) in [7, 11) is 0. The molecule has 2 amide bonds. The molecular formula is C11H15N3O. The first-order chi connectivity index (χ1) is 7.10. The summed E-state index contributed by atoms with van der Waals surface area (Å²) < 4.78 is 0. The van der Waals surface area contributed by atoms with Crippen molar-refractivity contribution in [1.82, 2.24) is 0 Å². The maximum Gasteiger partial charge on any atom is 0.316 e. The summed E-state index contributed by atoms with van der Waals surface area (Å²) in [5.74, 6) is 0. The highest BCUT2D eigenvalue weighted by molar-refractivity contribution is 5.87. The Morgan fingerprint density at radius 2 is 1.87 bits per heavy atom. The Kier molecular flexibility index (Phi) is 2.36. The van der Waals surface area contributed by atoms with Crippen molar-refractivity contribution in [1.29, 1.82) is 0 Å². The van der Waals surface area contributed by atoms with Gasteiger partial charge in [-0.3, -0.25) is 0 Å². The standard InChI is InChI=1S/C11H15N3O/c12-10(15)14-9-4-2-8(3-5-9)11(13)6-1-7-11/h2-5H,1,6-7,13H2,(H3,12,14,15). The van der Waals surface area contributed by atoms with Crippen LogP contribution >= 0.6 is 0 Å². The Balaban J connectivity index is 2.13. The molecule has 80 valence electrons. The van der Waals surface area contributed by atoms with Gasteiger partial charge in [0.1, 0.15) is 0 Å². The van der Waals surface area contributed by atoms with Crippen LogP contribution in [0.4, 0.5) is 10.5 Å². The molecule has 0 unspecified atom stereocenters. The van der Waals surface area contributed by atoms with Crippen molar-refractivity contribution in [2.24, 2.45) is 11.5 Å². The number of hydrogen-bond donors (Lipinski definition) is 3. The third kappa shape index (κ3) is 1.94. The van der Waals surface area contributed by atoms with E-state index in [9.17, 15) is 4.79 Å². The summed E-state index contributed by atoms with van der Waals surface area (Å²) in [6, 6.07) is 7.00. The first-order valence-electron chi connectivity index (χ1n) is 5.06. The molecule has 0 aliphatic heterocycles. The minimum Gasteiger partial charge on any atom is -0.351 e. The van der Waals surface area contributed by atoms with Crippen LogP contribution in [0.1, 0.15) is 24.8 Å². The van der Waals surface area contributed by atoms with E-state index in [0.717, 1.165) is 18.4 Å². The van der Waals surface area contributed by atoms with Gasteiger partial charge < -0.3 is 16.8 Å². The minimum absolute atomic E-state index is 0.148. The van der Waals surface area contributed by atoms with E-state index >= 15 is 0 Å². The van der Waals surface area contributed by atoms with Gasteiger partial charge in [0.15, 0.2) is 0 Å². The van der Waals surface area contributed by atoms with E-state index < -0.39 is 6.03 Å². The van der Waals surface area contributed by atoms with Crippen LogP contribution in [0.15, 0.2) is 24.3 Å². The average molecular weight is 205 g/mol. The fraction of sp³-hybridized carbons (Fsp3) is 0.364. The number of urea groups is 1. The van der Waals surface area contributed by atoms with Gasteiger partial charge in [-0.25, -0.2) is 4.79 Å². The van der Waals surface area contributed by atoms with Crippen LogP contribution in [0.25, 0.3) is 0 Å². The largest absolute Gasteiger partial charge is 0.351 e. The van der Waals surface area contributed by atoms with Crippen LogP contribution in [0.2, 0.25) is 0 Å². The van der Waals surface area contributed by atoms with E-state index in [2.05, 4.69) is 5.32 Å². The summed E-state index contributed by atoms with van der Waals surface area (Å²) in [6.45, 7) is 0. The van der Waals surface area contributed by atoms with Gasteiger partial charge in [0.25, 0.3) is 0 Å². The molecule has 1 aromatic rings. The van der Waals surface area contributed by atoms with Gasteiger partial charge in [0.05, 0.1) is 0 Å². The maximum absolute atomic E-state index is 10.6. The van der Waals surface area contributed by atoms with Gasteiger partial charge in [0.2, 0.25) is 0 Å². The topological polar surface area (TPSA) is 81.1 Å². The summed E-state index contributed by atoms with van der Waals surface area (Å²) >= 11 is 0. The van der Waals surface area contributed by atoms with E-state index in [0.29, 0.717) is 5.69 Å². The fourth-order valence-corrected chi connectivity index (χ4v) is 1.87. The molecule has 0 aromatic heterocycles. The van der Waals surface area contributed by atoms with E-state index in [1.807, 2.05) is 24.3 Å². The molecule has 0 bridgehead atoms. The van der Waals surface area contributed by atoms with Crippen molar-refractivity contribution in [2.45, 2.75) is 24.8 Å². The van der Waals surface area contributed by atoms with Crippen LogP contribution < -0.4 is 16.8 Å². The van der Waals surface area contributed by atoms with Gasteiger partial charge >= 0.3 is 6.03 Å². The zero-order valence-electron chi connectivity index (χ0n) is 8.49. The molecule has 2 rings (SSSR count). The quantitative estimate of drug-likeness (QED) is 0.684. The first-order valence-corrected chi connectivity index (χ1v) is 5.06. The molecule has 1 aliphatic carbocycles. The van der Waals surface area contributed by atoms with Crippen molar-refractivity contribution in [3.05, 3.63) is 29.8 Å². The first kappa shape index (κ1) is 9.98. The normalized spacial score (nSPS) is 17.9. The van der Waals surface area contributed by atoms with E-state index in [1.165, 1.54) is 6.42 Å². The van der Waals surface area contributed by atoms with Gasteiger partial charge in [-0.05, 0) is 37.0 Å². The average Bonchev–Trinajstić information content (AvgIpc) is 2.14. The van der Waals surface area contributed by atoms with Crippen molar-refractivity contribution < 1.29 is 4.79 Å². The molecule has 5 N–H and O–H groups in total. The van der Waals surface area contributed by atoms with Crippen molar-refractivity contribution in [2.75, 3.05) is 5.32 Å². The zero-order chi connectivity index (χ0) is 10.9. The van der Waals surface area contributed by atoms with Gasteiger partial charge in [-0.15, -0.1) is 0 Å². The Bertz CT molecular complexity index is 368. The summed E-state index contributed by atoms with van der Waals surface area (Å²) in [6.07, 6.45) is 3.27. The smallest absolute Gasteiger partial charge is 0.316 e. The predicted octanol–water partition coefficient (Wildman–Crippen LogP) is 1.52. The van der Waals surface area contributed by atoms with Gasteiger partial charge in [-0.1, -0.05) is 12.1 Å². The molecule has 0 saturated heterocycles. The Hall–Kier alpha value is -1.55. The number of primary amides is 1. The van der Waals surface area contributed by atoms with Crippen molar-refractivity contribution in [3.63, 3.8) is 0 Å². The van der Waals surface area contributed by atoms with Gasteiger partial charge in [0, 0.05) is 11.2 Å². The molecule has 4 heteroatoms. The highest BCUT2D eigenvalue weighted by Crippen LogP contribution is 2.38. The summed E-state index contributed by atoms with van der Waals surface area (Å²) in [4.78, 5) is 10.6. The zero-order valence-corrected chi connectivity index (χ0v) is 8.49. The SMILES string of the molecule is NC(=O)Nc1ccc(C2(N)CCC2)cc1. The third-order valence-corrected chi connectivity index (χ3v) is 2.97. The molecule has 0 radical (unpaired) electrons. The van der Waals surface area contributed by atoms with Crippen LogP contribution in [0, 0.1) is 0 Å². The Morgan fingerprint density at radius 1 is 1.27 bits per heavy atom. The third-order valence-electron chi connectivity index (χ3n) is 2.97. The van der Waals surface area contributed by atoms with Crippen molar-refractivity contribution in [3.8, 4) is 0 Å². The lowest BCUT2D eigenvalue weighted by Crippen LogP contribution is -2.43. The van der Waals surface area contributed by atoms with Crippen LogP contribution in [-0.4, -0.2) is 6.03 Å². The molecule has 1 aliphatic rings. The van der Waals surface area contributed by atoms with E-state index in [-0.39, 0.29) is 5.54 Å². The number of benzene rings is 1. The Labute approximate surface area is 88.6 Å². The molecule has 0 spiro atoms. The lowest BCUT2D eigenvalue weighted by atomic mass is 9.73. The lowest BCUT2D eigenvalue weighted by molar-refractivity contribution is 0.253. The second kappa shape index (κ2) is 3.55.